The van der Waals surface area contributed by atoms with Crippen LogP contribution in [0.15, 0.2) is 23.4 Å². The fraction of sp³-hybridized carbons (Fsp3) is 0.364. The van der Waals surface area contributed by atoms with Crippen molar-refractivity contribution in [2.75, 3.05) is 12.9 Å². The van der Waals surface area contributed by atoms with Crippen LogP contribution in [0.1, 0.15) is 0 Å². The zero-order valence-electron chi connectivity index (χ0n) is 9.79. The van der Waals surface area contributed by atoms with Crippen molar-refractivity contribution >= 4 is 38.7 Å². The monoisotopic (exact) mass is 354 g/mol. The Morgan fingerprint density at radius 1 is 1.47 bits per heavy atom. The Kier molecular flexibility index (Phi) is 4.29. The van der Waals surface area contributed by atoms with E-state index in [-0.39, 0.29) is 5.75 Å². The number of benzene rings is 1. The largest absolute Gasteiger partial charge is 0.497 e. The Labute approximate surface area is 120 Å². The van der Waals surface area contributed by atoms with Crippen molar-refractivity contribution in [2.24, 2.45) is 0 Å². The van der Waals surface area contributed by atoms with Gasteiger partial charge in [-0.1, -0.05) is 27.7 Å². The van der Waals surface area contributed by atoms with Crippen LogP contribution in [0.5, 0.6) is 5.75 Å². The third-order valence-electron chi connectivity index (χ3n) is 2.39. The van der Waals surface area contributed by atoms with Crippen molar-refractivity contribution < 1.29 is 17.9 Å². The van der Waals surface area contributed by atoms with Gasteiger partial charge in [0.05, 0.1) is 18.1 Å². The van der Waals surface area contributed by atoms with Crippen LogP contribution in [0.3, 0.4) is 0 Å². The second kappa shape index (κ2) is 5.62. The van der Waals surface area contributed by atoms with Gasteiger partial charge in [0.15, 0.2) is 5.16 Å². The Bertz CT molecular complexity index is 573. The maximum atomic E-state index is 12.3. The first-order valence-corrected chi connectivity index (χ1v) is 7.17. The lowest BCUT2D eigenvalue weighted by molar-refractivity contribution is -0.122. The molecule has 0 saturated heterocycles. The van der Waals surface area contributed by atoms with Gasteiger partial charge in [-0.2, -0.15) is 13.2 Å². The topological polar surface area (TPSA) is 37.9 Å². The summed E-state index contributed by atoms with van der Waals surface area (Å²) < 4.78 is 42.1. The number of imidazole rings is 1. The van der Waals surface area contributed by atoms with Crippen LogP contribution in [-0.2, 0) is 0 Å². The second-order valence-electron chi connectivity index (χ2n) is 3.75. The van der Waals surface area contributed by atoms with E-state index in [1.165, 1.54) is 0 Å². The highest BCUT2D eigenvalue weighted by Crippen LogP contribution is 2.31. The molecule has 2 aromatic rings. The molecular formula is C11H10BrF3N2OS. The van der Waals surface area contributed by atoms with Crippen LogP contribution >= 0.6 is 27.7 Å². The van der Waals surface area contributed by atoms with E-state index in [9.17, 15) is 13.2 Å². The van der Waals surface area contributed by atoms with Crippen molar-refractivity contribution in [2.45, 2.75) is 16.2 Å². The molecule has 1 unspecified atom stereocenters. The van der Waals surface area contributed by atoms with Gasteiger partial charge in [-0.05, 0) is 12.1 Å². The summed E-state index contributed by atoms with van der Waals surface area (Å²) in [5, 5.41) is 0.456. The number of ether oxygens (including phenoxy) is 1. The second-order valence-corrected chi connectivity index (χ2v) is 5.86. The van der Waals surface area contributed by atoms with E-state index in [0.29, 0.717) is 16.4 Å². The summed E-state index contributed by atoms with van der Waals surface area (Å²) in [6, 6.07) is 5.26. The molecule has 1 heterocycles. The highest BCUT2D eigenvalue weighted by Gasteiger charge is 2.37. The number of thioether (sulfide) groups is 1. The molecule has 2 rings (SSSR count). The number of fused-ring (bicyclic) bond motifs is 1. The van der Waals surface area contributed by atoms with Crippen LogP contribution < -0.4 is 4.74 Å². The van der Waals surface area contributed by atoms with E-state index in [0.717, 1.165) is 17.3 Å². The number of nitrogens with one attached hydrogen (secondary N) is 1. The third kappa shape index (κ3) is 3.56. The Hall–Kier alpha value is -0.890. The lowest BCUT2D eigenvalue weighted by atomic mass is 10.3. The molecule has 1 aromatic heterocycles. The maximum absolute atomic E-state index is 12.3. The molecule has 0 aliphatic heterocycles. The summed E-state index contributed by atoms with van der Waals surface area (Å²) in [5.41, 5.74) is 1.43. The number of hydrogen-bond acceptors (Lipinski definition) is 3. The van der Waals surface area contributed by atoms with E-state index >= 15 is 0 Å². The summed E-state index contributed by atoms with van der Waals surface area (Å²) in [7, 11) is 1.55. The lowest BCUT2D eigenvalue weighted by Crippen LogP contribution is -2.24. The van der Waals surface area contributed by atoms with Crippen molar-refractivity contribution in [3.05, 3.63) is 18.2 Å². The number of aromatic nitrogens is 2. The first kappa shape index (κ1) is 14.5. The van der Waals surface area contributed by atoms with Gasteiger partial charge < -0.3 is 9.72 Å². The van der Waals surface area contributed by atoms with E-state index in [1.54, 1.807) is 25.3 Å². The average Bonchev–Trinajstić information content (AvgIpc) is 2.76. The highest BCUT2D eigenvalue weighted by atomic mass is 79.9. The summed E-state index contributed by atoms with van der Waals surface area (Å²) in [4.78, 5) is 5.62. The molecule has 3 nitrogen and oxygen atoms in total. The molecule has 1 atom stereocenters. The number of rotatable bonds is 4. The molecule has 104 valence electrons. The van der Waals surface area contributed by atoms with E-state index < -0.39 is 11.0 Å². The smallest absolute Gasteiger partial charge is 0.402 e. The minimum Gasteiger partial charge on any atom is -0.497 e. The number of methoxy groups -OCH3 is 1. The lowest BCUT2D eigenvalue weighted by Gasteiger charge is -2.11. The molecule has 0 fully saturated rings. The van der Waals surface area contributed by atoms with Crippen LogP contribution in [0, 0.1) is 0 Å². The summed E-state index contributed by atoms with van der Waals surface area (Å²) in [5.74, 6) is 0.529. The van der Waals surface area contributed by atoms with Crippen LogP contribution in [-0.4, -0.2) is 33.8 Å². The molecule has 0 amide bonds. The zero-order chi connectivity index (χ0) is 14.0. The van der Waals surface area contributed by atoms with Gasteiger partial charge in [-0.3, -0.25) is 0 Å². The standard InChI is InChI=1S/C11H10BrF3N2OS/c1-18-6-2-3-7-8(4-6)17-10(16-7)19-5-9(12)11(13,14)15/h2-4,9H,5H2,1H3,(H,16,17). The summed E-state index contributed by atoms with van der Waals surface area (Å²) in [6.45, 7) is 0. The maximum Gasteiger partial charge on any atom is 0.402 e. The molecule has 1 N–H and O–H groups in total. The number of halogens is 4. The highest BCUT2D eigenvalue weighted by molar-refractivity contribution is 9.09. The van der Waals surface area contributed by atoms with Gasteiger partial charge >= 0.3 is 6.18 Å². The molecule has 0 radical (unpaired) electrons. The molecule has 0 saturated carbocycles. The van der Waals surface area contributed by atoms with E-state index in [2.05, 4.69) is 25.9 Å². The average molecular weight is 355 g/mol. The molecule has 1 aromatic carbocycles. The summed E-state index contributed by atoms with van der Waals surface area (Å²) >= 11 is 3.64. The number of hydrogen-bond donors (Lipinski definition) is 1. The van der Waals surface area contributed by atoms with Crippen LogP contribution in [0.4, 0.5) is 13.2 Å². The fourth-order valence-electron chi connectivity index (χ4n) is 1.41. The van der Waals surface area contributed by atoms with Crippen LogP contribution in [0.25, 0.3) is 11.0 Å². The van der Waals surface area contributed by atoms with Gasteiger partial charge in [-0.25, -0.2) is 4.98 Å². The van der Waals surface area contributed by atoms with Gasteiger partial charge in [0.1, 0.15) is 10.6 Å². The normalized spacial score (nSPS) is 13.7. The zero-order valence-corrected chi connectivity index (χ0v) is 12.2. The van der Waals surface area contributed by atoms with Gasteiger partial charge in [0.25, 0.3) is 0 Å². The number of alkyl halides is 4. The molecule has 0 aliphatic rings. The number of nitrogens with zero attached hydrogens (tertiary/aromatic N) is 1. The van der Waals surface area contributed by atoms with Gasteiger partial charge in [0.2, 0.25) is 0 Å². The predicted octanol–water partition coefficient (Wildman–Crippen LogP) is 3.99. The number of aromatic amines is 1. The van der Waals surface area contributed by atoms with Crippen molar-refractivity contribution in [1.82, 2.24) is 9.97 Å². The molecule has 0 spiro atoms. The quantitative estimate of drug-likeness (QED) is 0.666. The third-order valence-corrected chi connectivity index (χ3v) is 4.63. The Morgan fingerprint density at radius 2 is 2.21 bits per heavy atom. The van der Waals surface area contributed by atoms with Crippen molar-refractivity contribution in [1.29, 1.82) is 0 Å². The van der Waals surface area contributed by atoms with Crippen molar-refractivity contribution in [3.8, 4) is 5.75 Å². The Balaban J connectivity index is 2.09. The SMILES string of the molecule is COc1ccc2nc(SCC(Br)C(F)(F)F)[nH]c2c1. The molecule has 0 aliphatic carbocycles. The van der Waals surface area contributed by atoms with E-state index in [1.807, 2.05) is 0 Å². The summed E-state index contributed by atoms with van der Waals surface area (Å²) in [6.07, 6.45) is -4.25. The minimum atomic E-state index is -4.25. The first-order chi connectivity index (χ1) is 8.90. The first-order valence-electron chi connectivity index (χ1n) is 5.27. The molecular weight excluding hydrogens is 345 g/mol. The fourth-order valence-corrected chi connectivity index (χ4v) is 2.64. The number of H-pyrrole nitrogens is 1. The molecule has 19 heavy (non-hydrogen) atoms. The molecule has 0 bridgehead atoms. The minimum absolute atomic E-state index is 0.138. The van der Waals surface area contributed by atoms with Crippen molar-refractivity contribution in [3.63, 3.8) is 0 Å². The molecule has 8 heteroatoms. The van der Waals surface area contributed by atoms with Gasteiger partial charge in [0, 0.05) is 11.8 Å². The predicted molar refractivity (Wildman–Crippen MR) is 72.1 cm³/mol. The van der Waals surface area contributed by atoms with Gasteiger partial charge in [-0.15, -0.1) is 0 Å². The van der Waals surface area contributed by atoms with Crippen LogP contribution in [0.2, 0.25) is 0 Å². The van der Waals surface area contributed by atoms with E-state index in [4.69, 9.17) is 4.74 Å². The Morgan fingerprint density at radius 3 is 2.84 bits per heavy atom.